The first-order valence-corrected chi connectivity index (χ1v) is 11.4. The molecule has 0 saturated heterocycles. The second-order valence-electron chi connectivity index (χ2n) is 7.70. The SMILES string of the molecule is Cc1ccc(CNC(=O)c2ccc(C3Nc4cc(C(F)(F)F)ccc4S(=O)(=O)N3)cc2)cc1. The van der Waals surface area contributed by atoms with Crippen LogP contribution in [-0.4, -0.2) is 14.3 Å². The van der Waals surface area contributed by atoms with Gasteiger partial charge < -0.3 is 10.6 Å². The highest BCUT2D eigenvalue weighted by atomic mass is 32.2. The molecule has 0 fully saturated rings. The van der Waals surface area contributed by atoms with E-state index in [-0.39, 0.29) is 16.5 Å². The average molecular weight is 475 g/mol. The number of sulfonamides is 1. The van der Waals surface area contributed by atoms with Gasteiger partial charge in [-0.05, 0) is 48.4 Å². The second-order valence-corrected chi connectivity index (χ2v) is 9.38. The van der Waals surface area contributed by atoms with E-state index in [9.17, 15) is 26.4 Å². The van der Waals surface area contributed by atoms with Crippen molar-refractivity contribution >= 4 is 21.6 Å². The number of alkyl halides is 3. The van der Waals surface area contributed by atoms with Gasteiger partial charge in [-0.15, -0.1) is 0 Å². The summed E-state index contributed by atoms with van der Waals surface area (Å²) in [6, 6.07) is 16.3. The summed E-state index contributed by atoms with van der Waals surface area (Å²) in [6.45, 7) is 2.32. The molecule has 1 amide bonds. The smallest absolute Gasteiger partial charge is 0.364 e. The first-order valence-electron chi connectivity index (χ1n) is 9.97. The van der Waals surface area contributed by atoms with Gasteiger partial charge in [0.25, 0.3) is 5.91 Å². The standard InChI is InChI=1S/C23H20F3N3O3S/c1-14-2-4-15(5-3-14)13-27-22(30)17-8-6-16(7-9-17)21-28-19-12-18(23(24,25)26)10-11-20(19)33(31,32)29-21/h2-12,21,28-29H,13H2,1H3,(H,27,30). The van der Waals surface area contributed by atoms with Gasteiger partial charge >= 0.3 is 6.18 Å². The number of carbonyl (C=O) groups excluding carboxylic acids is 1. The Morgan fingerprint density at radius 1 is 1.00 bits per heavy atom. The van der Waals surface area contributed by atoms with E-state index in [1.807, 2.05) is 31.2 Å². The maximum Gasteiger partial charge on any atom is 0.416 e. The van der Waals surface area contributed by atoms with Crippen LogP contribution in [0.25, 0.3) is 0 Å². The molecule has 10 heteroatoms. The molecule has 6 nitrogen and oxygen atoms in total. The number of nitrogens with one attached hydrogen (secondary N) is 3. The minimum atomic E-state index is -4.60. The number of aryl methyl sites for hydroxylation is 1. The number of anilines is 1. The largest absolute Gasteiger partial charge is 0.416 e. The summed E-state index contributed by atoms with van der Waals surface area (Å²) < 4.78 is 66.6. The molecule has 0 saturated carbocycles. The third-order valence-corrected chi connectivity index (χ3v) is 6.73. The van der Waals surface area contributed by atoms with E-state index in [4.69, 9.17) is 0 Å². The summed E-state index contributed by atoms with van der Waals surface area (Å²) in [5, 5.41) is 5.60. The number of fused-ring (bicyclic) bond motifs is 1. The molecule has 4 rings (SSSR count). The van der Waals surface area contributed by atoms with Crippen LogP contribution in [0.4, 0.5) is 18.9 Å². The normalized spacial score (nSPS) is 17.0. The Balaban J connectivity index is 1.50. The van der Waals surface area contributed by atoms with E-state index in [2.05, 4.69) is 15.4 Å². The van der Waals surface area contributed by atoms with Crippen molar-refractivity contribution < 1.29 is 26.4 Å². The van der Waals surface area contributed by atoms with Crippen molar-refractivity contribution in [3.8, 4) is 0 Å². The van der Waals surface area contributed by atoms with Crippen molar-refractivity contribution in [1.82, 2.24) is 10.0 Å². The molecule has 0 spiro atoms. The molecule has 172 valence electrons. The van der Waals surface area contributed by atoms with Gasteiger partial charge in [-0.2, -0.15) is 17.9 Å². The Morgan fingerprint density at radius 3 is 2.30 bits per heavy atom. The lowest BCUT2D eigenvalue weighted by molar-refractivity contribution is -0.137. The fourth-order valence-electron chi connectivity index (χ4n) is 3.43. The van der Waals surface area contributed by atoms with Crippen LogP contribution in [-0.2, 0) is 22.7 Å². The molecular weight excluding hydrogens is 455 g/mol. The van der Waals surface area contributed by atoms with Crippen molar-refractivity contribution in [3.63, 3.8) is 0 Å². The van der Waals surface area contributed by atoms with E-state index >= 15 is 0 Å². The summed E-state index contributed by atoms with van der Waals surface area (Å²) in [6.07, 6.45) is -5.59. The lowest BCUT2D eigenvalue weighted by Crippen LogP contribution is -2.38. The number of hydrogen-bond acceptors (Lipinski definition) is 4. The van der Waals surface area contributed by atoms with E-state index in [0.29, 0.717) is 17.7 Å². The molecule has 3 aromatic carbocycles. The Hall–Kier alpha value is -3.37. The van der Waals surface area contributed by atoms with E-state index in [1.54, 1.807) is 12.1 Å². The van der Waals surface area contributed by atoms with Gasteiger partial charge in [0.1, 0.15) is 11.1 Å². The lowest BCUT2D eigenvalue weighted by Gasteiger charge is -2.29. The Bertz CT molecular complexity index is 1290. The number of rotatable bonds is 4. The minimum absolute atomic E-state index is 0.145. The molecule has 3 N–H and O–H groups in total. The molecule has 0 bridgehead atoms. The number of benzene rings is 3. The van der Waals surface area contributed by atoms with Crippen LogP contribution < -0.4 is 15.4 Å². The first-order chi connectivity index (χ1) is 15.5. The number of halogens is 3. The maximum atomic E-state index is 13.0. The van der Waals surface area contributed by atoms with Crippen LogP contribution in [0.1, 0.15) is 38.8 Å². The van der Waals surface area contributed by atoms with Crippen LogP contribution in [0.15, 0.2) is 71.6 Å². The quantitative estimate of drug-likeness (QED) is 0.524. The number of amides is 1. The molecule has 0 radical (unpaired) electrons. The highest BCUT2D eigenvalue weighted by molar-refractivity contribution is 7.89. The predicted molar refractivity (Wildman–Crippen MR) is 117 cm³/mol. The van der Waals surface area contributed by atoms with Gasteiger partial charge in [-0.3, -0.25) is 4.79 Å². The third kappa shape index (κ3) is 5.01. The average Bonchev–Trinajstić information content (AvgIpc) is 2.77. The molecular formula is C23H20F3N3O3S. The molecule has 1 aliphatic rings. The van der Waals surface area contributed by atoms with Crippen LogP contribution in [0.5, 0.6) is 0 Å². The van der Waals surface area contributed by atoms with Crippen molar-refractivity contribution in [2.24, 2.45) is 0 Å². The molecule has 0 aliphatic carbocycles. The van der Waals surface area contributed by atoms with Crippen LogP contribution >= 0.6 is 0 Å². The van der Waals surface area contributed by atoms with Gasteiger partial charge in [0.15, 0.2) is 0 Å². The summed E-state index contributed by atoms with van der Waals surface area (Å²) in [7, 11) is -4.03. The Morgan fingerprint density at radius 2 is 1.67 bits per heavy atom. The summed E-state index contributed by atoms with van der Waals surface area (Å²) in [5.74, 6) is -0.306. The van der Waals surface area contributed by atoms with Gasteiger partial charge in [-0.1, -0.05) is 42.0 Å². The summed E-state index contributed by atoms with van der Waals surface area (Å²) in [4.78, 5) is 12.2. The van der Waals surface area contributed by atoms with Gasteiger partial charge in [0, 0.05) is 12.1 Å². The molecule has 1 unspecified atom stereocenters. The minimum Gasteiger partial charge on any atom is -0.364 e. The Labute approximate surface area is 188 Å². The van der Waals surface area contributed by atoms with Crippen LogP contribution in [0, 0.1) is 6.92 Å². The van der Waals surface area contributed by atoms with Crippen molar-refractivity contribution in [1.29, 1.82) is 0 Å². The van der Waals surface area contributed by atoms with E-state index < -0.39 is 27.9 Å². The molecule has 33 heavy (non-hydrogen) atoms. The van der Waals surface area contributed by atoms with E-state index in [1.165, 1.54) is 12.1 Å². The zero-order valence-electron chi connectivity index (χ0n) is 17.4. The predicted octanol–water partition coefficient (Wildman–Crippen LogP) is 4.35. The maximum absolute atomic E-state index is 13.0. The topological polar surface area (TPSA) is 87.3 Å². The molecule has 1 heterocycles. The van der Waals surface area contributed by atoms with Crippen LogP contribution in [0.2, 0.25) is 0 Å². The van der Waals surface area contributed by atoms with E-state index in [0.717, 1.165) is 29.3 Å². The van der Waals surface area contributed by atoms with Crippen molar-refractivity contribution in [2.75, 3.05) is 5.32 Å². The zero-order valence-corrected chi connectivity index (χ0v) is 18.2. The molecule has 3 aromatic rings. The third-order valence-electron chi connectivity index (χ3n) is 5.25. The molecule has 0 aromatic heterocycles. The number of hydrogen-bond donors (Lipinski definition) is 3. The highest BCUT2D eigenvalue weighted by Gasteiger charge is 2.35. The molecule has 1 aliphatic heterocycles. The monoisotopic (exact) mass is 475 g/mol. The second kappa shape index (κ2) is 8.53. The van der Waals surface area contributed by atoms with Crippen molar-refractivity contribution in [3.05, 3.63) is 94.5 Å². The zero-order chi connectivity index (χ0) is 23.8. The van der Waals surface area contributed by atoms with Crippen LogP contribution in [0.3, 0.4) is 0 Å². The lowest BCUT2D eigenvalue weighted by atomic mass is 10.1. The van der Waals surface area contributed by atoms with Gasteiger partial charge in [-0.25, -0.2) is 8.42 Å². The highest BCUT2D eigenvalue weighted by Crippen LogP contribution is 2.37. The Kier molecular flexibility index (Phi) is 5.89. The molecule has 1 atom stereocenters. The fraction of sp³-hybridized carbons (Fsp3) is 0.174. The first kappa shape index (κ1) is 22.8. The van der Waals surface area contributed by atoms with Gasteiger partial charge in [0.05, 0.1) is 11.3 Å². The number of carbonyl (C=O) groups is 1. The van der Waals surface area contributed by atoms with Gasteiger partial charge in [0.2, 0.25) is 10.0 Å². The summed E-state index contributed by atoms with van der Waals surface area (Å²) >= 11 is 0. The van der Waals surface area contributed by atoms with Crippen molar-refractivity contribution in [2.45, 2.75) is 30.7 Å². The fourth-order valence-corrected chi connectivity index (χ4v) is 4.71. The summed E-state index contributed by atoms with van der Waals surface area (Å²) in [5.41, 5.74) is 1.77.